The first-order chi connectivity index (χ1) is 8.75. The number of hydrogen-bond donors (Lipinski definition) is 2. The topological polar surface area (TPSA) is 81.7 Å². The highest BCUT2D eigenvalue weighted by molar-refractivity contribution is 7.16. The molecule has 0 amide bonds. The van der Waals surface area contributed by atoms with Crippen LogP contribution in [0.5, 0.6) is 0 Å². The highest BCUT2D eigenvalue weighted by Gasteiger charge is 2.07. The van der Waals surface area contributed by atoms with Gasteiger partial charge in [0.05, 0.1) is 11.6 Å². The van der Waals surface area contributed by atoms with Gasteiger partial charge in [0.1, 0.15) is 22.8 Å². The molecule has 3 aromatic heterocycles. The van der Waals surface area contributed by atoms with Crippen molar-refractivity contribution in [2.45, 2.75) is 6.54 Å². The van der Waals surface area contributed by atoms with E-state index in [1.807, 2.05) is 18.5 Å². The van der Waals surface area contributed by atoms with Crippen LogP contribution in [0.25, 0.3) is 10.2 Å². The molecule has 0 radical (unpaired) electrons. The lowest BCUT2D eigenvalue weighted by Crippen LogP contribution is -2.05. The lowest BCUT2D eigenvalue weighted by atomic mass is 10.3. The van der Waals surface area contributed by atoms with Gasteiger partial charge < -0.3 is 11.1 Å². The smallest absolute Gasteiger partial charge is 0.138 e. The molecule has 0 saturated heterocycles. The molecule has 0 saturated carbocycles. The summed E-state index contributed by atoms with van der Waals surface area (Å²) in [4.78, 5) is 9.43. The van der Waals surface area contributed by atoms with Crippen LogP contribution in [0.4, 0.5) is 11.6 Å². The summed E-state index contributed by atoms with van der Waals surface area (Å²) < 4.78 is 1.65. The molecular formula is C11H12N6S. The predicted octanol–water partition coefficient (Wildman–Crippen LogP) is 1.62. The number of rotatable bonds is 3. The van der Waals surface area contributed by atoms with Crippen molar-refractivity contribution in [2.75, 3.05) is 11.1 Å². The van der Waals surface area contributed by atoms with Gasteiger partial charge in [-0.15, -0.1) is 11.3 Å². The Kier molecular flexibility index (Phi) is 2.60. The average Bonchev–Trinajstić information content (AvgIpc) is 2.97. The number of fused-ring (bicyclic) bond motifs is 1. The first kappa shape index (κ1) is 11.0. The van der Waals surface area contributed by atoms with Crippen LogP contribution in [0.15, 0.2) is 24.0 Å². The van der Waals surface area contributed by atoms with E-state index < -0.39 is 0 Å². The minimum Gasteiger partial charge on any atom is -0.384 e. The van der Waals surface area contributed by atoms with Crippen molar-refractivity contribution in [1.82, 2.24) is 19.7 Å². The number of hydrogen-bond acceptors (Lipinski definition) is 6. The Hall–Kier alpha value is -2.15. The first-order valence-corrected chi connectivity index (χ1v) is 6.32. The third-order valence-corrected chi connectivity index (χ3v) is 3.59. The molecule has 0 aliphatic rings. The number of nitrogens with two attached hydrogens (primary N) is 1. The molecule has 0 aromatic carbocycles. The second kappa shape index (κ2) is 4.26. The first-order valence-electron chi connectivity index (χ1n) is 5.44. The zero-order valence-electron chi connectivity index (χ0n) is 9.79. The second-order valence-corrected chi connectivity index (χ2v) is 4.79. The summed E-state index contributed by atoms with van der Waals surface area (Å²) in [7, 11) is 1.82. The Morgan fingerprint density at radius 1 is 1.44 bits per heavy atom. The maximum Gasteiger partial charge on any atom is 0.138 e. The fourth-order valence-electron chi connectivity index (χ4n) is 1.74. The van der Waals surface area contributed by atoms with E-state index in [9.17, 15) is 0 Å². The minimum absolute atomic E-state index is 0.599. The molecule has 0 bridgehead atoms. The van der Waals surface area contributed by atoms with Crippen molar-refractivity contribution in [2.24, 2.45) is 7.05 Å². The van der Waals surface area contributed by atoms with Crippen LogP contribution < -0.4 is 11.1 Å². The van der Waals surface area contributed by atoms with Crippen molar-refractivity contribution in [1.29, 1.82) is 0 Å². The summed E-state index contributed by atoms with van der Waals surface area (Å²) in [6, 6.07) is 2.01. The Balaban J connectivity index is 1.85. The van der Waals surface area contributed by atoms with Gasteiger partial charge in [0.15, 0.2) is 0 Å². The fraction of sp³-hybridized carbons (Fsp3) is 0.182. The van der Waals surface area contributed by atoms with Gasteiger partial charge in [-0.2, -0.15) is 5.10 Å². The van der Waals surface area contributed by atoms with Crippen LogP contribution in [-0.4, -0.2) is 19.7 Å². The van der Waals surface area contributed by atoms with Crippen LogP contribution in [-0.2, 0) is 13.6 Å². The third-order valence-electron chi connectivity index (χ3n) is 2.77. The number of nitrogens with one attached hydrogen (secondary N) is 1. The van der Waals surface area contributed by atoms with Gasteiger partial charge in [0.25, 0.3) is 0 Å². The molecule has 0 unspecified atom stereocenters. The molecule has 92 valence electrons. The Morgan fingerprint density at radius 2 is 2.33 bits per heavy atom. The zero-order chi connectivity index (χ0) is 12.5. The molecule has 0 fully saturated rings. The van der Waals surface area contributed by atoms with E-state index in [1.54, 1.807) is 28.5 Å². The lowest BCUT2D eigenvalue weighted by molar-refractivity contribution is 0.778. The summed E-state index contributed by atoms with van der Waals surface area (Å²) in [5, 5.41) is 10.4. The van der Waals surface area contributed by atoms with Crippen molar-refractivity contribution in [3.8, 4) is 0 Å². The maximum atomic E-state index is 5.89. The fourth-order valence-corrected chi connectivity index (χ4v) is 2.47. The van der Waals surface area contributed by atoms with Crippen LogP contribution in [0.1, 0.15) is 5.56 Å². The molecule has 0 aliphatic heterocycles. The van der Waals surface area contributed by atoms with Crippen molar-refractivity contribution < 1.29 is 0 Å². The molecule has 3 aromatic rings. The Morgan fingerprint density at radius 3 is 3.11 bits per heavy atom. The van der Waals surface area contributed by atoms with E-state index in [0.29, 0.717) is 12.4 Å². The van der Waals surface area contributed by atoms with Crippen LogP contribution >= 0.6 is 11.3 Å². The number of nitrogen functional groups attached to an aromatic ring is 1. The minimum atomic E-state index is 0.599. The summed E-state index contributed by atoms with van der Waals surface area (Å²) in [5.41, 5.74) is 6.85. The van der Waals surface area contributed by atoms with Gasteiger partial charge in [0, 0.05) is 19.2 Å². The summed E-state index contributed by atoms with van der Waals surface area (Å²) in [5.74, 6) is 1.49. The standard InChI is InChI=1S/C11H12N6S/c1-17-9(12)7(5-16-17)4-13-10-8-2-3-18-11(8)15-6-14-10/h2-3,5-6H,4,12H2,1H3,(H,13,14,15). The monoisotopic (exact) mass is 260 g/mol. The van der Waals surface area contributed by atoms with Gasteiger partial charge in [-0.1, -0.05) is 0 Å². The number of aryl methyl sites for hydroxylation is 1. The maximum absolute atomic E-state index is 5.89. The van der Waals surface area contributed by atoms with E-state index >= 15 is 0 Å². The Labute approximate surface area is 107 Å². The highest BCUT2D eigenvalue weighted by Crippen LogP contribution is 2.24. The van der Waals surface area contributed by atoms with Crippen LogP contribution in [0.3, 0.4) is 0 Å². The molecule has 0 spiro atoms. The summed E-state index contributed by atoms with van der Waals surface area (Å²) >= 11 is 1.60. The Bertz CT molecular complexity index is 686. The molecule has 0 atom stereocenters. The predicted molar refractivity (Wildman–Crippen MR) is 72.4 cm³/mol. The van der Waals surface area contributed by atoms with Gasteiger partial charge in [-0.25, -0.2) is 9.97 Å². The van der Waals surface area contributed by atoms with Gasteiger partial charge in [-0.3, -0.25) is 4.68 Å². The van der Waals surface area contributed by atoms with Crippen molar-refractivity contribution in [3.05, 3.63) is 29.5 Å². The SMILES string of the molecule is Cn1ncc(CNc2ncnc3sccc23)c1N. The van der Waals surface area contributed by atoms with Gasteiger partial charge in [0.2, 0.25) is 0 Å². The normalized spacial score (nSPS) is 10.9. The highest BCUT2D eigenvalue weighted by atomic mass is 32.1. The molecule has 6 nitrogen and oxygen atoms in total. The van der Waals surface area contributed by atoms with Crippen LogP contribution in [0.2, 0.25) is 0 Å². The number of aromatic nitrogens is 4. The summed E-state index contributed by atoms with van der Waals surface area (Å²) in [6.45, 7) is 0.599. The van der Waals surface area contributed by atoms with Crippen molar-refractivity contribution >= 4 is 33.2 Å². The van der Waals surface area contributed by atoms with E-state index in [1.165, 1.54) is 0 Å². The zero-order valence-corrected chi connectivity index (χ0v) is 10.6. The van der Waals surface area contributed by atoms with E-state index in [4.69, 9.17) is 5.73 Å². The molecule has 7 heteroatoms. The molecule has 3 N–H and O–H groups in total. The average molecular weight is 260 g/mol. The number of anilines is 2. The van der Waals surface area contributed by atoms with E-state index in [-0.39, 0.29) is 0 Å². The molecule has 3 heterocycles. The second-order valence-electron chi connectivity index (χ2n) is 3.89. The summed E-state index contributed by atoms with van der Waals surface area (Å²) in [6.07, 6.45) is 3.32. The van der Waals surface area contributed by atoms with Gasteiger partial charge in [-0.05, 0) is 11.4 Å². The number of thiophene rings is 1. The van der Waals surface area contributed by atoms with Gasteiger partial charge >= 0.3 is 0 Å². The molecular weight excluding hydrogens is 248 g/mol. The molecule has 0 aliphatic carbocycles. The van der Waals surface area contributed by atoms with Crippen LogP contribution in [0, 0.1) is 0 Å². The molecule has 3 rings (SSSR count). The lowest BCUT2D eigenvalue weighted by Gasteiger charge is -2.05. The van der Waals surface area contributed by atoms with Crippen molar-refractivity contribution in [3.63, 3.8) is 0 Å². The largest absolute Gasteiger partial charge is 0.384 e. The third kappa shape index (κ3) is 1.78. The van der Waals surface area contributed by atoms with E-state index in [0.717, 1.165) is 21.6 Å². The number of nitrogens with zero attached hydrogens (tertiary/aromatic N) is 4. The quantitative estimate of drug-likeness (QED) is 0.748. The van der Waals surface area contributed by atoms with E-state index in [2.05, 4.69) is 20.4 Å². The molecule has 18 heavy (non-hydrogen) atoms.